The van der Waals surface area contributed by atoms with Gasteiger partial charge >= 0.3 is 30.3 Å². The van der Waals surface area contributed by atoms with E-state index in [-0.39, 0.29) is 54.4 Å². The van der Waals surface area contributed by atoms with Crippen molar-refractivity contribution in [1.29, 1.82) is 0 Å². The standard InChI is InChI=1S/C25H32N2O6.C25H34N2O5.CH2Cl2/c1-24(2,3)32-22(30)26-12-14-11-19-17(16-8-7-9-18(26)20(14)16)10-15(21(28)29)13-27(19)23(31)33-25(4,5)6;1-24(2,3)31-22(29)26-12-15(14-28)10-18-17-8-7-9-19-21(17)16(11-20(18)26)13-27(19)23(30)32-25(4,5)6;2-1-3/h7-9,12,15,17,19H,10-11,13H2,1-6H3,(H,28,29);7-9,13,15,18,20,28H,10-12,14H2,1-6H3;1H2/t15-,17-,19-;15-,18-,20-;/m11./s1. The van der Waals surface area contributed by atoms with Gasteiger partial charge in [-0.2, -0.15) is 0 Å². The number of rotatable bonds is 2. The van der Waals surface area contributed by atoms with E-state index in [4.69, 9.17) is 42.1 Å². The molecule has 2 aromatic heterocycles. The van der Waals surface area contributed by atoms with E-state index in [9.17, 15) is 34.2 Å². The van der Waals surface area contributed by atoms with Gasteiger partial charge in [0.25, 0.3) is 0 Å². The number of carbonyl (C=O) groups is 5. The third-order valence-electron chi connectivity index (χ3n) is 12.3. The Morgan fingerprint density at radius 3 is 1.32 bits per heavy atom. The molecule has 0 bridgehead atoms. The van der Waals surface area contributed by atoms with E-state index in [0.29, 0.717) is 25.8 Å². The van der Waals surface area contributed by atoms with E-state index < -0.39 is 52.6 Å². The summed E-state index contributed by atoms with van der Waals surface area (Å²) in [5, 5.41) is 21.9. The maximum Gasteiger partial charge on any atom is 0.419 e. The fourth-order valence-corrected chi connectivity index (χ4v) is 9.99. The first-order valence-corrected chi connectivity index (χ1v) is 24.3. The number of piperidine rings is 2. The Morgan fingerprint density at radius 2 is 0.956 bits per heavy atom. The number of amides is 2. The number of nitrogens with zero attached hydrogens (tertiary/aromatic N) is 4. The molecule has 372 valence electrons. The molecule has 6 atom stereocenters. The summed E-state index contributed by atoms with van der Waals surface area (Å²) in [5.74, 6) is -1.74. The lowest BCUT2D eigenvalue weighted by Gasteiger charge is -2.46. The van der Waals surface area contributed by atoms with Crippen molar-refractivity contribution in [3.63, 3.8) is 0 Å². The van der Waals surface area contributed by atoms with Gasteiger partial charge in [0.15, 0.2) is 0 Å². The van der Waals surface area contributed by atoms with Gasteiger partial charge in [-0.05, 0) is 143 Å². The number of hydrogen-bond donors (Lipinski definition) is 2. The number of ether oxygens (including phenoxy) is 4. The summed E-state index contributed by atoms with van der Waals surface area (Å²) < 4.78 is 25.6. The molecule has 15 nitrogen and oxygen atoms in total. The maximum absolute atomic E-state index is 13.1. The average Bonchev–Trinajstić information content (AvgIpc) is 3.78. The number of benzene rings is 2. The van der Waals surface area contributed by atoms with Gasteiger partial charge in [-0.15, -0.1) is 23.2 Å². The zero-order chi connectivity index (χ0) is 50.4. The zero-order valence-corrected chi connectivity index (χ0v) is 42.9. The summed E-state index contributed by atoms with van der Waals surface area (Å²) in [5.41, 5.74) is 3.07. The second-order valence-electron chi connectivity index (χ2n) is 22.2. The van der Waals surface area contributed by atoms with Gasteiger partial charge in [0.05, 0.1) is 22.3 Å². The molecule has 2 fully saturated rings. The number of likely N-dealkylation sites (tertiary alicyclic amines) is 2. The first kappa shape index (κ1) is 52.4. The number of carboxylic acid groups (broad SMARTS) is 1. The van der Waals surface area contributed by atoms with Crippen LogP contribution in [-0.2, 0) is 36.6 Å². The Labute approximate surface area is 408 Å². The zero-order valence-electron chi connectivity index (χ0n) is 41.4. The van der Waals surface area contributed by atoms with Crippen molar-refractivity contribution < 1.29 is 53.1 Å². The molecule has 2 N–H and O–H groups in total. The first-order chi connectivity index (χ1) is 31.5. The summed E-state index contributed by atoms with van der Waals surface area (Å²) in [7, 11) is 0. The molecule has 0 radical (unpaired) electrons. The predicted molar refractivity (Wildman–Crippen MR) is 261 cm³/mol. The number of fused-ring (bicyclic) bond motifs is 4. The molecule has 8 rings (SSSR count). The monoisotopic (exact) mass is 982 g/mol. The molecule has 4 aromatic rings. The lowest BCUT2D eigenvalue weighted by molar-refractivity contribution is -0.144. The molecule has 68 heavy (non-hydrogen) atoms. The van der Waals surface area contributed by atoms with Gasteiger partial charge in [0.1, 0.15) is 22.4 Å². The number of halogens is 2. The van der Waals surface area contributed by atoms with Crippen LogP contribution in [0.2, 0.25) is 0 Å². The molecule has 2 aliphatic heterocycles. The highest BCUT2D eigenvalue weighted by atomic mass is 35.5. The molecular formula is C51H68Cl2N4O11. The van der Waals surface area contributed by atoms with Crippen LogP contribution in [0.25, 0.3) is 21.8 Å². The first-order valence-electron chi connectivity index (χ1n) is 23.2. The van der Waals surface area contributed by atoms with Crippen LogP contribution in [-0.4, -0.2) is 119 Å². The van der Waals surface area contributed by atoms with Gasteiger partial charge in [-0.1, -0.05) is 24.3 Å². The number of aliphatic hydroxyl groups excluding tert-OH is 1. The number of alkyl halides is 2. The van der Waals surface area contributed by atoms with Crippen molar-refractivity contribution in [3.05, 3.63) is 71.0 Å². The highest BCUT2D eigenvalue weighted by molar-refractivity contribution is 6.40. The van der Waals surface area contributed by atoms with E-state index >= 15 is 0 Å². The lowest BCUT2D eigenvalue weighted by atomic mass is 9.72. The quantitative estimate of drug-likeness (QED) is 0.144. The number of aliphatic hydroxyl groups is 1. The third kappa shape index (κ3) is 11.7. The maximum atomic E-state index is 13.1. The van der Waals surface area contributed by atoms with E-state index in [1.54, 1.807) is 41.3 Å². The Bertz CT molecular complexity index is 2540. The molecule has 0 spiro atoms. The topological polar surface area (TPSA) is 179 Å². The average molecular weight is 984 g/mol. The summed E-state index contributed by atoms with van der Waals surface area (Å²) >= 11 is 9.53. The molecule has 2 aliphatic carbocycles. The van der Waals surface area contributed by atoms with E-state index in [1.165, 1.54) is 4.57 Å². The Kier molecular flexibility index (Phi) is 15.2. The third-order valence-corrected chi connectivity index (χ3v) is 12.3. The molecule has 2 aromatic carbocycles. The van der Waals surface area contributed by atoms with Crippen LogP contribution in [0, 0.1) is 11.8 Å². The summed E-state index contributed by atoms with van der Waals surface area (Å²) in [4.78, 5) is 67.3. The molecule has 4 heterocycles. The summed E-state index contributed by atoms with van der Waals surface area (Å²) in [6, 6.07) is 11.3. The van der Waals surface area contributed by atoms with E-state index in [0.717, 1.165) is 50.5 Å². The van der Waals surface area contributed by atoms with Gasteiger partial charge < -0.3 is 39.0 Å². The molecular weight excluding hydrogens is 915 g/mol. The fourth-order valence-electron chi connectivity index (χ4n) is 9.99. The van der Waals surface area contributed by atoms with Crippen molar-refractivity contribution in [3.8, 4) is 0 Å². The minimum atomic E-state index is -0.925. The second kappa shape index (κ2) is 19.8. The normalized spacial score (nSPS) is 22.1. The van der Waals surface area contributed by atoms with Crippen molar-refractivity contribution in [2.75, 3.05) is 25.0 Å². The fraction of sp³-hybridized carbons (Fsp3) is 0.588. The van der Waals surface area contributed by atoms with Gasteiger partial charge in [0, 0.05) is 72.7 Å². The number of aliphatic carboxylic acids is 1. The minimum absolute atomic E-state index is 0.0181. The Hall–Kier alpha value is -4.99. The van der Waals surface area contributed by atoms with E-state index in [1.807, 2.05) is 98.8 Å². The highest BCUT2D eigenvalue weighted by Crippen LogP contribution is 2.47. The van der Waals surface area contributed by atoms with Crippen molar-refractivity contribution in [2.45, 2.75) is 155 Å². The van der Waals surface area contributed by atoms with Crippen LogP contribution in [0.15, 0.2) is 48.8 Å². The minimum Gasteiger partial charge on any atom is -0.481 e. The van der Waals surface area contributed by atoms with Gasteiger partial charge in [-0.3, -0.25) is 13.9 Å². The summed E-state index contributed by atoms with van der Waals surface area (Å²) in [6.07, 6.45) is 4.26. The number of hydrogen-bond acceptors (Lipinski definition) is 10. The van der Waals surface area contributed by atoms with Gasteiger partial charge in [0.2, 0.25) is 0 Å². The van der Waals surface area contributed by atoms with Crippen LogP contribution in [0.4, 0.5) is 19.2 Å². The van der Waals surface area contributed by atoms with Crippen LogP contribution in [0.3, 0.4) is 0 Å². The van der Waals surface area contributed by atoms with Gasteiger partial charge in [-0.25, -0.2) is 19.2 Å². The highest BCUT2D eigenvalue weighted by Gasteiger charge is 2.47. The number of aromatic nitrogens is 2. The van der Waals surface area contributed by atoms with Crippen LogP contribution in [0.5, 0.6) is 0 Å². The SMILES string of the molecule is CC(C)(C)OC(=O)N1C[C@H](C(=O)O)C[C@@H]2c3cccc4c3c(cn4C(=O)OC(C)(C)C)C[C@H]21.CC(C)(C)OC(=O)N1C[C@H](CO)C[C@@H]2c3cccc4c3c(cn4C(=O)OC(C)(C)C)C[C@H]21.ClCCl. The lowest BCUT2D eigenvalue weighted by Crippen LogP contribution is -2.54. The smallest absolute Gasteiger partial charge is 0.419 e. The Balaban J connectivity index is 0.000000212. The second-order valence-corrected chi connectivity index (χ2v) is 23.0. The molecule has 0 saturated carbocycles. The van der Waals surface area contributed by atoms with Crippen molar-refractivity contribution in [2.24, 2.45) is 11.8 Å². The van der Waals surface area contributed by atoms with Crippen molar-refractivity contribution >= 4 is 75.3 Å². The Morgan fingerprint density at radius 1 is 0.588 bits per heavy atom. The number of carboxylic acids is 1. The van der Waals surface area contributed by atoms with Crippen molar-refractivity contribution in [1.82, 2.24) is 18.9 Å². The molecule has 4 aliphatic rings. The molecule has 2 saturated heterocycles. The van der Waals surface area contributed by atoms with Crippen LogP contribution < -0.4 is 0 Å². The molecule has 17 heteroatoms. The summed E-state index contributed by atoms with van der Waals surface area (Å²) in [6.45, 7) is 22.5. The molecule has 0 unspecified atom stereocenters. The predicted octanol–water partition coefficient (Wildman–Crippen LogP) is 10.9. The van der Waals surface area contributed by atoms with Crippen LogP contribution in [0.1, 0.15) is 130 Å². The molecule has 2 amide bonds. The van der Waals surface area contributed by atoms with Crippen LogP contribution >= 0.6 is 23.2 Å². The van der Waals surface area contributed by atoms with E-state index in [2.05, 4.69) is 6.07 Å². The number of carbonyl (C=O) groups excluding carboxylic acids is 4. The largest absolute Gasteiger partial charge is 0.481 e.